The Balaban J connectivity index is 1.27. The molecule has 0 radical (unpaired) electrons. The Morgan fingerprint density at radius 1 is 1.15 bits per heavy atom. The van der Waals surface area contributed by atoms with E-state index in [1.807, 2.05) is 37.3 Å². The number of anilines is 2. The Kier molecular flexibility index (Phi) is 5.73. The van der Waals surface area contributed by atoms with Crippen molar-refractivity contribution >= 4 is 29.1 Å². The summed E-state index contributed by atoms with van der Waals surface area (Å²) in [4.78, 5) is 39.8. The molecule has 2 aromatic carbocycles. The van der Waals surface area contributed by atoms with Gasteiger partial charge in [-0.2, -0.15) is 0 Å². The van der Waals surface area contributed by atoms with Gasteiger partial charge in [-0.1, -0.05) is 42.5 Å². The van der Waals surface area contributed by atoms with Crippen LogP contribution in [-0.4, -0.2) is 42.0 Å². The van der Waals surface area contributed by atoms with Crippen molar-refractivity contribution in [3.8, 4) is 0 Å². The predicted molar refractivity (Wildman–Crippen MR) is 129 cm³/mol. The fourth-order valence-electron chi connectivity index (χ4n) is 5.38. The van der Waals surface area contributed by atoms with Crippen molar-refractivity contribution in [2.45, 2.75) is 44.4 Å². The van der Waals surface area contributed by atoms with Crippen molar-refractivity contribution in [1.82, 2.24) is 5.32 Å². The molecule has 176 valence electrons. The number of hydrogen-bond acceptors (Lipinski definition) is 4. The van der Waals surface area contributed by atoms with Gasteiger partial charge in [-0.3, -0.25) is 14.4 Å². The van der Waals surface area contributed by atoms with Crippen LogP contribution in [0.1, 0.15) is 25.8 Å². The molecule has 1 spiro atoms. The summed E-state index contributed by atoms with van der Waals surface area (Å²) in [7, 11) is 0. The molecule has 2 N–H and O–H groups in total. The molecule has 2 saturated heterocycles. The van der Waals surface area contributed by atoms with Crippen LogP contribution in [0.3, 0.4) is 0 Å². The predicted octanol–water partition coefficient (Wildman–Crippen LogP) is 3.07. The summed E-state index contributed by atoms with van der Waals surface area (Å²) in [6.45, 7) is 3.82. The number of nitrogens with zero attached hydrogens (tertiary/aromatic N) is 1. The van der Waals surface area contributed by atoms with Gasteiger partial charge in [0.15, 0.2) is 0 Å². The molecule has 3 heterocycles. The number of benzene rings is 2. The van der Waals surface area contributed by atoms with Crippen LogP contribution in [0.15, 0.2) is 66.7 Å². The summed E-state index contributed by atoms with van der Waals surface area (Å²) in [5, 5.41) is 5.85. The second kappa shape index (κ2) is 8.72. The van der Waals surface area contributed by atoms with Gasteiger partial charge in [-0.05, 0) is 49.6 Å². The molecule has 5 rings (SSSR count). The molecule has 2 aromatic rings. The third-order valence-corrected chi connectivity index (χ3v) is 7.00. The largest absolute Gasteiger partial charge is 0.360 e. The molecule has 3 amide bonds. The van der Waals surface area contributed by atoms with E-state index in [0.29, 0.717) is 12.2 Å². The third kappa shape index (κ3) is 4.01. The van der Waals surface area contributed by atoms with Crippen LogP contribution in [-0.2, 0) is 25.5 Å². The lowest BCUT2D eigenvalue weighted by molar-refractivity contribution is -0.132. The van der Waals surface area contributed by atoms with E-state index in [0.717, 1.165) is 18.5 Å². The second-order valence-electron chi connectivity index (χ2n) is 9.49. The fourth-order valence-corrected chi connectivity index (χ4v) is 5.38. The molecular weight excluding hydrogens is 430 g/mol. The van der Waals surface area contributed by atoms with Crippen molar-refractivity contribution in [3.63, 3.8) is 0 Å². The third-order valence-electron chi connectivity index (χ3n) is 7.00. The van der Waals surface area contributed by atoms with Crippen LogP contribution in [0.4, 0.5) is 11.4 Å². The van der Waals surface area contributed by atoms with Crippen LogP contribution < -0.4 is 15.5 Å². The molecule has 0 aromatic heterocycles. The molecule has 3 aliphatic heterocycles. The molecule has 7 nitrogen and oxygen atoms in total. The number of rotatable bonds is 7. The Morgan fingerprint density at radius 2 is 1.88 bits per heavy atom. The van der Waals surface area contributed by atoms with Gasteiger partial charge in [-0.15, -0.1) is 0 Å². The van der Waals surface area contributed by atoms with Crippen molar-refractivity contribution in [2.24, 2.45) is 11.8 Å². The van der Waals surface area contributed by atoms with E-state index in [1.165, 1.54) is 12.5 Å². The molecule has 5 atom stereocenters. The van der Waals surface area contributed by atoms with E-state index in [9.17, 15) is 14.4 Å². The Hall–Kier alpha value is -3.45. The smallest absolute Gasteiger partial charge is 0.234 e. The molecule has 2 bridgehead atoms. The van der Waals surface area contributed by atoms with Gasteiger partial charge in [0.25, 0.3) is 0 Å². The van der Waals surface area contributed by atoms with E-state index < -0.39 is 17.4 Å². The first-order valence-electron chi connectivity index (χ1n) is 11.8. The summed E-state index contributed by atoms with van der Waals surface area (Å²) in [6.07, 6.45) is 5.20. The van der Waals surface area contributed by atoms with E-state index >= 15 is 0 Å². The first-order valence-corrected chi connectivity index (χ1v) is 11.8. The minimum Gasteiger partial charge on any atom is -0.360 e. The average molecular weight is 460 g/mol. The van der Waals surface area contributed by atoms with Crippen LogP contribution in [0.25, 0.3) is 0 Å². The van der Waals surface area contributed by atoms with E-state index in [2.05, 4.69) is 22.8 Å². The molecule has 3 aliphatic rings. The topological polar surface area (TPSA) is 87.7 Å². The molecule has 2 fully saturated rings. The van der Waals surface area contributed by atoms with E-state index in [1.54, 1.807) is 29.2 Å². The molecule has 7 heteroatoms. The minimum absolute atomic E-state index is 0.0132. The summed E-state index contributed by atoms with van der Waals surface area (Å²) in [5.41, 5.74) is 1.85. The van der Waals surface area contributed by atoms with Crippen LogP contribution in [0.2, 0.25) is 0 Å². The van der Waals surface area contributed by atoms with Gasteiger partial charge in [-0.25, -0.2) is 0 Å². The monoisotopic (exact) mass is 459 g/mol. The normalized spacial score (nSPS) is 27.5. The van der Waals surface area contributed by atoms with Crippen LogP contribution in [0.5, 0.6) is 0 Å². The SMILES string of the molecule is CC(=O)Nc1ccc(N2C[C@@]34C=C[C@H](O3)[C@H](C(=O)N[C@H](C)CCc3ccccc3)[C@H]4C2=O)cc1. The van der Waals surface area contributed by atoms with Crippen molar-refractivity contribution in [1.29, 1.82) is 0 Å². The zero-order valence-electron chi connectivity index (χ0n) is 19.4. The quantitative estimate of drug-likeness (QED) is 0.623. The molecule has 0 unspecified atom stereocenters. The number of carbonyl (C=O) groups is 3. The Bertz CT molecular complexity index is 1130. The number of nitrogens with one attached hydrogen (secondary N) is 2. The zero-order valence-corrected chi connectivity index (χ0v) is 19.4. The number of amides is 3. The maximum atomic E-state index is 13.5. The fraction of sp³-hybridized carbons (Fsp3) is 0.370. The van der Waals surface area contributed by atoms with E-state index in [-0.39, 0.29) is 29.9 Å². The number of aryl methyl sites for hydroxylation is 1. The lowest BCUT2D eigenvalue weighted by atomic mass is 9.76. The van der Waals surface area contributed by atoms with Gasteiger partial charge in [0.1, 0.15) is 5.60 Å². The second-order valence-corrected chi connectivity index (χ2v) is 9.49. The maximum absolute atomic E-state index is 13.5. The summed E-state index contributed by atoms with van der Waals surface area (Å²) in [6, 6.07) is 17.3. The number of carbonyl (C=O) groups excluding carboxylic acids is 3. The minimum atomic E-state index is -0.770. The van der Waals surface area contributed by atoms with Gasteiger partial charge in [0.2, 0.25) is 17.7 Å². The highest BCUT2D eigenvalue weighted by molar-refractivity contribution is 6.03. The van der Waals surface area contributed by atoms with Gasteiger partial charge in [0, 0.05) is 24.3 Å². The van der Waals surface area contributed by atoms with Gasteiger partial charge < -0.3 is 20.3 Å². The molecule has 0 saturated carbocycles. The Morgan fingerprint density at radius 3 is 2.59 bits per heavy atom. The molecule has 0 aliphatic carbocycles. The maximum Gasteiger partial charge on any atom is 0.234 e. The van der Waals surface area contributed by atoms with E-state index in [4.69, 9.17) is 4.74 Å². The lowest BCUT2D eigenvalue weighted by Crippen LogP contribution is -2.46. The average Bonchev–Trinajstić information content (AvgIpc) is 3.47. The first-order chi connectivity index (χ1) is 16.4. The molecule has 34 heavy (non-hydrogen) atoms. The van der Waals surface area contributed by atoms with Crippen LogP contribution in [0, 0.1) is 11.8 Å². The van der Waals surface area contributed by atoms with Gasteiger partial charge >= 0.3 is 0 Å². The summed E-state index contributed by atoms with van der Waals surface area (Å²) >= 11 is 0. The number of hydrogen-bond donors (Lipinski definition) is 2. The standard InChI is InChI=1S/C27H29N3O4/c1-17(8-9-19-6-4-3-5-7-19)28-25(32)23-22-14-15-27(34-22)16-30(26(33)24(23)27)21-12-10-20(11-13-21)29-18(2)31/h3-7,10-15,17,22-24H,8-9,16H2,1-2H3,(H,28,32)(H,29,31)/t17-,22+,23+,24+,27-/m1/s1. The van der Waals surface area contributed by atoms with Crippen molar-refractivity contribution in [2.75, 3.05) is 16.8 Å². The Labute approximate surface area is 199 Å². The van der Waals surface area contributed by atoms with Crippen molar-refractivity contribution in [3.05, 3.63) is 72.3 Å². The lowest BCUT2D eigenvalue weighted by Gasteiger charge is -2.25. The van der Waals surface area contributed by atoms with Crippen LogP contribution >= 0.6 is 0 Å². The number of ether oxygens (including phenoxy) is 1. The van der Waals surface area contributed by atoms with Gasteiger partial charge in [0.05, 0.1) is 24.5 Å². The highest BCUT2D eigenvalue weighted by Gasteiger charge is 2.67. The summed E-state index contributed by atoms with van der Waals surface area (Å²) < 4.78 is 6.24. The zero-order chi connectivity index (χ0) is 23.9. The number of fused-ring (bicyclic) bond motifs is 1. The highest BCUT2D eigenvalue weighted by Crippen LogP contribution is 2.52. The molecular formula is C27H29N3O4. The summed E-state index contributed by atoms with van der Waals surface area (Å²) in [5.74, 6) is -1.46. The first kappa shape index (κ1) is 22.3. The highest BCUT2D eigenvalue weighted by atomic mass is 16.5. The van der Waals surface area contributed by atoms with Crippen molar-refractivity contribution < 1.29 is 19.1 Å².